The number of fused-ring (bicyclic) bond motifs is 1. The lowest BCUT2D eigenvalue weighted by molar-refractivity contribution is 0.104. The molecule has 0 aliphatic carbocycles. The summed E-state index contributed by atoms with van der Waals surface area (Å²) in [6.45, 7) is 3.87. The van der Waals surface area contributed by atoms with Gasteiger partial charge in [0.05, 0.1) is 5.03 Å². The summed E-state index contributed by atoms with van der Waals surface area (Å²) in [7, 11) is 0. The number of ether oxygens (including phenoxy) is 1. The van der Waals surface area contributed by atoms with Crippen LogP contribution in [0.5, 0.6) is 5.75 Å². The van der Waals surface area contributed by atoms with Crippen LogP contribution in [0.25, 0.3) is 5.03 Å². The lowest BCUT2D eigenvalue weighted by atomic mass is 10.0. The first-order valence-electron chi connectivity index (χ1n) is 6.80. The van der Waals surface area contributed by atoms with Gasteiger partial charge in [-0.15, -0.1) is 0 Å². The fourth-order valence-corrected chi connectivity index (χ4v) is 2.54. The van der Waals surface area contributed by atoms with Crippen molar-refractivity contribution in [3.63, 3.8) is 0 Å². The van der Waals surface area contributed by atoms with E-state index in [0.717, 1.165) is 5.56 Å². The van der Waals surface area contributed by atoms with Gasteiger partial charge < -0.3 is 4.74 Å². The van der Waals surface area contributed by atoms with Gasteiger partial charge in [0, 0.05) is 16.7 Å². The third-order valence-electron chi connectivity index (χ3n) is 3.35. The Balaban J connectivity index is 1.93. The number of para-hydroxylation sites is 1. The second-order valence-electron chi connectivity index (χ2n) is 4.81. The third kappa shape index (κ3) is 2.74. The summed E-state index contributed by atoms with van der Waals surface area (Å²) in [5.41, 5.74) is 2.03. The summed E-state index contributed by atoms with van der Waals surface area (Å²) in [6, 6.07) is 16.5. The van der Waals surface area contributed by atoms with Gasteiger partial charge in [-0.25, -0.2) is 0 Å². The number of carbonyl (C=O) groups is 1. The van der Waals surface area contributed by atoms with E-state index < -0.39 is 0 Å². The molecule has 0 aromatic heterocycles. The van der Waals surface area contributed by atoms with Crippen molar-refractivity contribution in [2.45, 2.75) is 0 Å². The fraction of sp³-hybridized carbons (Fsp3) is 0. The van der Waals surface area contributed by atoms with Crippen LogP contribution >= 0.6 is 11.6 Å². The Morgan fingerprint density at radius 1 is 1.05 bits per heavy atom. The summed E-state index contributed by atoms with van der Waals surface area (Å²) in [4.78, 5) is 12.1. The number of allylic oxidation sites excluding steroid dienone is 2. The summed E-state index contributed by atoms with van der Waals surface area (Å²) in [6.07, 6.45) is 3.13. The largest absolute Gasteiger partial charge is 0.457 e. The minimum Gasteiger partial charge on any atom is -0.457 e. The molecule has 0 radical (unpaired) electrons. The second kappa shape index (κ2) is 6.04. The molecule has 0 bridgehead atoms. The molecule has 108 valence electrons. The Morgan fingerprint density at radius 3 is 2.50 bits per heavy atom. The second-order valence-corrected chi connectivity index (χ2v) is 5.19. The predicted octanol–water partition coefficient (Wildman–Crippen LogP) is 4.98. The molecule has 0 N–H and O–H groups in total. The standard InChI is InChI=1S/C19H13ClO2/c1-13-15(11-12-17(21)14-7-3-2-4-8-14)19(20)16-9-5-6-10-18(16)22-13/h2-12H,1H2/b12-11+. The van der Waals surface area contributed by atoms with Crippen molar-refractivity contribution in [3.05, 3.63) is 95.8 Å². The molecule has 1 aliphatic rings. The van der Waals surface area contributed by atoms with Crippen LogP contribution < -0.4 is 4.74 Å². The Hall–Kier alpha value is -2.58. The molecule has 3 rings (SSSR count). The molecule has 22 heavy (non-hydrogen) atoms. The molecule has 0 saturated carbocycles. The summed E-state index contributed by atoms with van der Waals surface area (Å²) in [5, 5.41) is 0.531. The topological polar surface area (TPSA) is 26.3 Å². The molecular weight excluding hydrogens is 296 g/mol. The van der Waals surface area contributed by atoms with Crippen molar-refractivity contribution in [1.29, 1.82) is 0 Å². The number of carbonyl (C=O) groups excluding carboxylic acids is 1. The van der Waals surface area contributed by atoms with Gasteiger partial charge >= 0.3 is 0 Å². The van der Waals surface area contributed by atoms with E-state index in [-0.39, 0.29) is 5.78 Å². The Kier molecular flexibility index (Phi) is 3.94. The van der Waals surface area contributed by atoms with Gasteiger partial charge in [0.1, 0.15) is 11.5 Å². The number of hydrogen-bond acceptors (Lipinski definition) is 2. The molecule has 0 spiro atoms. The van der Waals surface area contributed by atoms with E-state index in [9.17, 15) is 4.79 Å². The maximum absolute atomic E-state index is 12.1. The minimum absolute atomic E-state index is 0.0933. The molecule has 2 aromatic carbocycles. The molecule has 0 atom stereocenters. The number of halogens is 1. The number of benzene rings is 2. The zero-order valence-corrected chi connectivity index (χ0v) is 12.5. The van der Waals surface area contributed by atoms with Crippen molar-refractivity contribution >= 4 is 22.4 Å². The number of hydrogen-bond donors (Lipinski definition) is 0. The van der Waals surface area contributed by atoms with Gasteiger partial charge in [0.25, 0.3) is 0 Å². The van der Waals surface area contributed by atoms with Gasteiger partial charge in [-0.3, -0.25) is 4.79 Å². The van der Waals surface area contributed by atoms with Crippen molar-refractivity contribution in [2.24, 2.45) is 0 Å². The maximum atomic E-state index is 12.1. The summed E-state index contributed by atoms with van der Waals surface area (Å²) >= 11 is 6.41. The molecule has 0 unspecified atom stereocenters. The Labute approximate surface area is 134 Å². The quantitative estimate of drug-likeness (QED) is 0.590. The van der Waals surface area contributed by atoms with Crippen molar-refractivity contribution < 1.29 is 9.53 Å². The predicted molar refractivity (Wildman–Crippen MR) is 88.9 cm³/mol. The Bertz CT molecular complexity index is 801. The van der Waals surface area contributed by atoms with E-state index in [1.54, 1.807) is 18.2 Å². The van der Waals surface area contributed by atoms with Crippen LogP contribution in [-0.4, -0.2) is 5.78 Å². The molecule has 1 aliphatic heterocycles. The molecule has 0 saturated heterocycles. The monoisotopic (exact) mass is 308 g/mol. The van der Waals surface area contributed by atoms with E-state index in [1.807, 2.05) is 42.5 Å². The highest BCUT2D eigenvalue weighted by Crippen LogP contribution is 2.39. The highest BCUT2D eigenvalue weighted by molar-refractivity contribution is 6.50. The first-order valence-corrected chi connectivity index (χ1v) is 7.18. The van der Waals surface area contributed by atoms with Gasteiger partial charge in [-0.1, -0.05) is 60.6 Å². The van der Waals surface area contributed by atoms with Crippen molar-refractivity contribution in [2.75, 3.05) is 0 Å². The number of rotatable bonds is 3. The van der Waals surface area contributed by atoms with Crippen LogP contribution in [0.15, 0.2) is 84.7 Å². The smallest absolute Gasteiger partial charge is 0.185 e. The van der Waals surface area contributed by atoms with Crippen LogP contribution in [0.4, 0.5) is 0 Å². The van der Waals surface area contributed by atoms with Gasteiger partial charge in [-0.2, -0.15) is 0 Å². The average molecular weight is 309 g/mol. The zero-order chi connectivity index (χ0) is 15.5. The first-order chi connectivity index (χ1) is 10.7. The summed E-state index contributed by atoms with van der Waals surface area (Å²) < 4.78 is 5.65. The van der Waals surface area contributed by atoms with Crippen molar-refractivity contribution in [3.8, 4) is 5.75 Å². The lowest BCUT2D eigenvalue weighted by Crippen LogP contribution is -2.05. The molecule has 3 heteroatoms. The zero-order valence-electron chi connectivity index (χ0n) is 11.8. The third-order valence-corrected chi connectivity index (χ3v) is 3.76. The minimum atomic E-state index is -0.0933. The van der Waals surface area contributed by atoms with Crippen LogP contribution in [0.1, 0.15) is 15.9 Å². The maximum Gasteiger partial charge on any atom is 0.185 e. The SMILES string of the molecule is C=C1Oc2ccccc2C(Cl)=C1/C=C/C(=O)c1ccccc1. The molecule has 2 aromatic rings. The first kappa shape index (κ1) is 14.4. The van der Waals surface area contributed by atoms with E-state index in [0.29, 0.717) is 27.7 Å². The van der Waals surface area contributed by atoms with Crippen LogP contribution in [-0.2, 0) is 0 Å². The van der Waals surface area contributed by atoms with E-state index in [4.69, 9.17) is 16.3 Å². The molecular formula is C19H13ClO2. The highest BCUT2D eigenvalue weighted by atomic mass is 35.5. The van der Waals surface area contributed by atoms with Crippen molar-refractivity contribution in [1.82, 2.24) is 0 Å². The van der Waals surface area contributed by atoms with Crippen LogP contribution in [0.3, 0.4) is 0 Å². The molecule has 2 nitrogen and oxygen atoms in total. The highest BCUT2D eigenvalue weighted by Gasteiger charge is 2.20. The Morgan fingerprint density at radius 2 is 1.73 bits per heavy atom. The average Bonchev–Trinajstić information content (AvgIpc) is 2.55. The van der Waals surface area contributed by atoms with E-state index in [2.05, 4.69) is 6.58 Å². The van der Waals surface area contributed by atoms with Crippen LogP contribution in [0, 0.1) is 0 Å². The van der Waals surface area contributed by atoms with Gasteiger partial charge in [0.15, 0.2) is 5.78 Å². The van der Waals surface area contributed by atoms with E-state index >= 15 is 0 Å². The summed E-state index contributed by atoms with van der Waals surface area (Å²) in [5.74, 6) is 1.01. The molecule has 0 amide bonds. The molecule has 0 fully saturated rings. The van der Waals surface area contributed by atoms with Gasteiger partial charge in [0.2, 0.25) is 0 Å². The fourth-order valence-electron chi connectivity index (χ4n) is 2.22. The van der Waals surface area contributed by atoms with Gasteiger partial charge in [-0.05, 0) is 24.3 Å². The molecule has 1 heterocycles. The lowest BCUT2D eigenvalue weighted by Gasteiger charge is -2.20. The van der Waals surface area contributed by atoms with E-state index in [1.165, 1.54) is 6.08 Å². The van der Waals surface area contributed by atoms with Crippen LogP contribution in [0.2, 0.25) is 0 Å². The number of ketones is 1. The normalized spacial score (nSPS) is 14.0.